The molecule has 34 heavy (non-hydrogen) atoms. The molecule has 1 amide bonds. The maximum atomic E-state index is 13.5. The van der Waals surface area contributed by atoms with E-state index in [0.717, 1.165) is 30.5 Å². The minimum absolute atomic E-state index is 0.0428. The third kappa shape index (κ3) is 5.02. The summed E-state index contributed by atoms with van der Waals surface area (Å²) in [6.45, 7) is 4.22. The Balaban J connectivity index is 1.53. The summed E-state index contributed by atoms with van der Waals surface area (Å²) in [6, 6.07) is 8.37. The van der Waals surface area contributed by atoms with Crippen molar-refractivity contribution in [1.82, 2.24) is 19.7 Å². The summed E-state index contributed by atoms with van der Waals surface area (Å²) in [4.78, 5) is 16.0. The normalized spacial score (nSPS) is 16.2. The summed E-state index contributed by atoms with van der Waals surface area (Å²) in [5, 5.41) is 22.5. The quantitative estimate of drug-likeness (QED) is 0.470. The molecule has 7 nitrogen and oxygen atoms in total. The van der Waals surface area contributed by atoms with E-state index >= 15 is 0 Å². The average Bonchev–Trinajstić information content (AvgIpc) is 3.37. The molecule has 1 aliphatic carbocycles. The minimum Gasteiger partial charge on any atom is -0.316 e. The molecule has 2 atom stereocenters. The second kappa shape index (κ2) is 10.3. The number of carbonyl (C=O) groups is 1. The topological polar surface area (TPSA) is 86.8 Å². The lowest BCUT2D eigenvalue weighted by Gasteiger charge is -2.20. The molecule has 1 aromatic carbocycles. The number of halogens is 1. The molecule has 0 bridgehead atoms. The van der Waals surface area contributed by atoms with Crippen LogP contribution in [-0.4, -0.2) is 45.4 Å². The van der Waals surface area contributed by atoms with E-state index in [-0.39, 0.29) is 23.5 Å². The summed E-state index contributed by atoms with van der Waals surface area (Å²) >= 11 is 2.77. The number of rotatable bonds is 7. The van der Waals surface area contributed by atoms with Crippen molar-refractivity contribution in [2.45, 2.75) is 44.3 Å². The molecule has 4 rings (SSSR count). The standard InChI is InChI=1S/C24H27FN6OS2/c1-14-5-10-18-19(12-26)23(34-20(18)11-14)27-21(32)13-33-24-29-28-22(15(2)30(3)4)31(24)17-8-6-16(25)7-9-17/h6-9,14-15H,5,10-11,13H2,1-4H3,(H,27,32)/t14-,15+/m1/s1. The number of thiophene rings is 1. The Morgan fingerprint density at radius 2 is 2.12 bits per heavy atom. The van der Waals surface area contributed by atoms with Gasteiger partial charge in [-0.3, -0.25) is 14.3 Å². The smallest absolute Gasteiger partial charge is 0.235 e. The van der Waals surface area contributed by atoms with Gasteiger partial charge in [-0.25, -0.2) is 4.39 Å². The lowest BCUT2D eigenvalue weighted by atomic mass is 9.89. The van der Waals surface area contributed by atoms with Crippen molar-refractivity contribution in [2.24, 2.45) is 5.92 Å². The number of aromatic nitrogens is 3. The van der Waals surface area contributed by atoms with Gasteiger partial charge in [-0.15, -0.1) is 21.5 Å². The zero-order valence-corrected chi connectivity index (χ0v) is 21.3. The molecule has 2 aromatic heterocycles. The van der Waals surface area contributed by atoms with Gasteiger partial charge in [0.2, 0.25) is 5.91 Å². The van der Waals surface area contributed by atoms with Gasteiger partial charge in [0, 0.05) is 10.6 Å². The van der Waals surface area contributed by atoms with Crippen LogP contribution in [-0.2, 0) is 17.6 Å². The molecule has 1 aliphatic rings. The van der Waals surface area contributed by atoms with E-state index in [1.165, 1.54) is 40.1 Å². The van der Waals surface area contributed by atoms with Gasteiger partial charge < -0.3 is 5.32 Å². The maximum absolute atomic E-state index is 13.5. The van der Waals surface area contributed by atoms with Crippen LogP contribution in [0.2, 0.25) is 0 Å². The molecule has 0 radical (unpaired) electrons. The SMILES string of the molecule is C[C@@H]1CCc2c(sc(NC(=O)CSc3nnc([C@H](C)N(C)C)n3-c3ccc(F)cc3)c2C#N)C1. The third-order valence-corrected chi connectivity index (χ3v) is 8.20. The van der Waals surface area contributed by atoms with Gasteiger partial charge in [0.25, 0.3) is 0 Å². The lowest BCUT2D eigenvalue weighted by Crippen LogP contribution is -2.21. The largest absolute Gasteiger partial charge is 0.316 e. The summed E-state index contributed by atoms with van der Waals surface area (Å²) < 4.78 is 15.4. The molecule has 10 heteroatoms. The first-order valence-corrected chi connectivity index (χ1v) is 12.9. The highest BCUT2D eigenvalue weighted by Gasteiger charge is 2.25. The number of nitrogens with one attached hydrogen (secondary N) is 1. The number of amides is 1. The number of benzene rings is 1. The van der Waals surface area contributed by atoms with Crippen molar-refractivity contribution in [3.05, 3.63) is 51.9 Å². The molecule has 0 saturated heterocycles. The summed E-state index contributed by atoms with van der Waals surface area (Å²) in [6.07, 6.45) is 2.90. The monoisotopic (exact) mass is 498 g/mol. The van der Waals surface area contributed by atoms with Crippen molar-refractivity contribution in [3.63, 3.8) is 0 Å². The summed E-state index contributed by atoms with van der Waals surface area (Å²) in [5.41, 5.74) is 2.42. The lowest BCUT2D eigenvalue weighted by molar-refractivity contribution is -0.113. The molecule has 0 unspecified atom stereocenters. The minimum atomic E-state index is -0.325. The van der Waals surface area contributed by atoms with Crippen LogP contribution in [0.15, 0.2) is 29.4 Å². The van der Waals surface area contributed by atoms with Crippen LogP contribution >= 0.6 is 23.1 Å². The molecular weight excluding hydrogens is 471 g/mol. The Hall–Kier alpha value is -2.74. The van der Waals surface area contributed by atoms with Gasteiger partial charge in [-0.05, 0) is 76.0 Å². The van der Waals surface area contributed by atoms with E-state index in [9.17, 15) is 14.4 Å². The predicted octanol–water partition coefficient (Wildman–Crippen LogP) is 4.82. The second-order valence-electron chi connectivity index (χ2n) is 8.80. The van der Waals surface area contributed by atoms with Crippen molar-refractivity contribution in [1.29, 1.82) is 5.26 Å². The fourth-order valence-corrected chi connectivity index (χ4v) is 6.10. The molecule has 3 aromatic rings. The van der Waals surface area contributed by atoms with E-state index in [4.69, 9.17) is 0 Å². The molecule has 178 valence electrons. The first kappa shape index (κ1) is 24.4. The number of nitriles is 1. The summed E-state index contributed by atoms with van der Waals surface area (Å²) in [7, 11) is 3.89. The molecular formula is C24H27FN6OS2. The van der Waals surface area contributed by atoms with E-state index < -0.39 is 0 Å². The zero-order valence-electron chi connectivity index (χ0n) is 19.6. The van der Waals surface area contributed by atoms with Gasteiger partial charge in [0.15, 0.2) is 11.0 Å². The number of fused-ring (bicyclic) bond motifs is 1. The Bertz CT molecular complexity index is 1230. The Kier molecular flexibility index (Phi) is 7.36. The zero-order chi connectivity index (χ0) is 24.4. The molecule has 2 heterocycles. The molecule has 0 spiro atoms. The van der Waals surface area contributed by atoms with Gasteiger partial charge in [-0.1, -0.05) is 18.7 Å². The van der Waals surface area contributed by atoms with Crippen LogP contribution in [0.4, 0.5) is 9.39 Å². The van der Waals surface area contributed by atoms with Gasteiger partial charge >= 0.3 is 0 Å². The first-order valence-electron chi connectivity index (χ1n) is 11.1. The fourth-order valence-electron chi connectivity index (χ4n) is 3.96. The van der Waals surface area contributed by atoms with Gasteiger partial charge in [0.05, 0.1) is 17.4 Å². The van der Waals surface area contributed by atoms with Crippen molar-refractivity contribution >= 4 is 34.0 Å². The van der Waals surface area contributed by atoms with Crippen molar-refractivity contribution in [3.8, 4) is 11.8 Å². The second-order valence-corrected chi connectivity index (χ2v) is 10.8. The third-order valence-electron chi connectivity index (χ3n) is 6.10. The number of hydrogen-bond donors (Lipinski definition) is 1. The van der Waals surface area contributed by atoms with E-state index in [1.54, 1.807) is 12.1 Å². The van der Waals surface area contributed by atoms with Crippen LogP contribution in [0.25, 0.3) is 5.69 Å². The highest BCUT2D eigenvalue weighted by molar-refractivity contribution is 7.99. The number of nitrogens with zero attached hydrogens (tertiary/aromatic N) is 5. The van der Waals surface area contributed by atoms with Crippen LogP contribution in [0.3, 0.4) is 0 Å². The van der Waals surface area contributed by atoms with E-state index in [0.29, 0.717) is 27.5 Å². The molecule has 0 aliphatic heterocycles. The maximum Gasteiger partial charge on any atom is 0.235 e. The number of carbonyl (C=O) groups excluding carboxylic acids is 1. The van der Waals surface area contributed by atoms with E-state index in [2.05, 4.69) is 28.5 Å². The molecule has 1 N–H and O–H groups in total. The fraction of sp³-hybridized carbons (Fsp3) is 0.417. The van der Waals surface area contributed by atoms with Gasteiger partial charge in [-0.2, -0.15) is 5.26 Å². The Labute approximate surface area is 207 Å². The first-order chi connectivity index (χ1) is 16.3. The Morgan fingerprint density at radius 1 is 1.38 bits per heavy atom. The number of hydrogen-bond acceptors (Lipinski definition) is 7. The average molecular weight is 499 g/mol. The summed E-state index contributed by atoms with van der Waals surface area (Å²) in [5.74, 6) is 0.872. The van der Waals surface area contributed by atoms with Crippen LogP contribution in [0, 0.1) is 23.1 Å². The van der Waals surface area contributed by atoms with Crippen LogP contribution in [0.1, 0.15) is 48.1 Å². The van der Waals surface area contributed by atoms with Crippen molar-refractivity contribution < 1.29 is 9.18 Å². The number of anilines is 1. The molecule has 0 fully saturated rings. The van der Waals surface area contributed by atoms with E-state index in [1.807, 2.05) is 30.5 Å². The Morgan fingerprint density at radius 3 is 2.79 bits per heavy atom. The number of thioether (sulfide) groups is 1. The van der Waals surface area contributed by atoms with Crippen LogP contribution < -0.4 is 5.32 Å². The highest BCUT2D eigenvalue weighted by atomic mass is 32.2. The predicted molar refractivity (Wildman–Crippen MR) is 133 cm³/mol. The van der Waals surface area contributed by atoms with Gasteiger partial charge in [0.1, 0.15) is 16.9 Å². The highest BCUT2D eigenvalue weighted by Crippen LogP contribution is 2.39. The van der Waals surface area contributed by atoms with Crippen LogP contribution in [0.5, 0.6) is 0 Å². The molecule has 0 saturated carbocycles. The van der Waals surface area contributed by atoms with Crippen molar-refractivity contribution in [2.75, 3.05) is 25.2 Å².